The molecule has 132 valence electrons. The second-order valence-corrected chi connectivity index (χ2v) is 8.71. The molecule has 1 aromatic carbocycles. The third kappa shape index (κ3) is 3.79. The number of carbonyl (C=O) groups is 1. The lowest BCUT2D eigenvalue weighted by atomic mass is 9.94. The number of nitrogens with one attached hydrogen (secondary N) is 1. The molecular formula is C17H25N3O3S. The third-order valence-corrected chi connectivity index (χ3v) is 6.78. The Morgan fingerprint density at radius 3 is 2.58 bits per heavy atom. The molecule has 2 aliphatic rings. The molecule has 1 N–H and O–H groups in total. The number of rotatable bonds is 5. The molecule has 6 nitrogen and oxygen atoms in total. The van der Waals surface area contributed by atoms with Gasteiger partial charge in [0.15, 0.2) is 0 Å². The molecule has 1 fully saturated rings. The number of sulfonamides is 1. The summed E-state index contributed by atoms with van der Waals surface area (Å²) >= 11 is 0. The molecule has 0 unspecified atom stereocenters. The van der Waals surface area contributed by atoms with Gasteiger partial charge in [-0.25, -0.2) is 12.7 Å². The fourth-order valence-corrected chi connectivity index (χ4v) is 4.90. The number of hydrogen-bond donors (Lipinski definition) is 1. The van der Waals surface area contributed by atoms with Gasteiger partial charge in [-0.15, -0.1) is 0 Å². The lowest BCUT2D eigenvalue weighted by molar-refractivity contribution is -0.126. The minimum Gasteiger partial charge on any atom is -0.354 e. The van der Waals surface area contributed by atoms with Gasteiger partial charge in [0, 0.05) is 26.2 Å². The fourth-order valence-electron chi connectivity index (χ4n) is 3.46. The van der Waals surface area contributed by atoms with Crippen LogP contribution in [0, 0.1) is 0 Å². The zero-order valence-electron chi connectivity index (χ0n) is 14.1. The van der Waals surface area contributed by atoms with E-state index in [1.807, 2.05) is 24.1 Å². The fraction of sp³-hybridized carbons (Fsp3) is 0.588. The summed E-state index contributed by atoms with van der Waals surface area (Å²) in [6.07, 6.45) is 2.52. The van der Waals surface area contributed by atoms with Crippen molar-refractivity contribution in [2.45, 2.75) is 31.8 Å². The summed E-state index contributed by atoms with van der Waals surface area (Å²) in [5.74, 6) is -0.116. The Kier molecular flexibility index (Phi) is 5.22. The monoisotopic (exact) mass is 351 g/mol. The molecule has 2 heterocycles. The van der Waals surface area contributed by atoms with Crippen LogP contribution in [0.3, 0.4) is 0 Å². The van der Waals surface area contributed by atoms with Crippen LogP contribution in [0.2, 0.25) is 0 Å². The van der Waals surface area contributed by atoms with Gasteiger partial charge in [-0.1, -0.05) is 24.3 Å². The second kappa shape index (κ2) is 7.21. The SMILES string of the molecule is CN1Cc2ccccc2C[C@H]1C(=O)NCCS(=O)(=O)N1CCCC1. The van der Waals surface area contributed by atoms with Gasteiger partial charge in [-0.05, 0) is 37.4 Å². The van der Waals surface area contributed by atoms with Gasteiger partial charge >= 0.3 is 0 Å². The molecular weight excluding hydrogens is 326 g/mol. The predicted octanol–water partition coefficient (Wildman–Crippen LogP) is 0.585. The van der Waals surface area contributed by atoms with Gasteiger partial charge in [-0.3, -0.25) is 9.69 Å². The minimum absolute atomic E-state index is 0.0221. The lowest BCUT2D eigenvalue weighted by Gasteiger charge is -2.33. The number of amides is 1. The van der Waals surface area contributed by atoms with E-state index < -0.39 is 10.0 Å². The first-order valence-electron chi connectivity index (χ1n) is 8.50. The quantitative estimate of drug-likeness (QED) is 0.843. The molecule has 3 rings (SSSR count). The molecule has 0 aliphatic carbocycles. The minimum atomic E-state index is -3.24. The zero-order valence-corrected chi connectivity index (χ0v) is 14.9. The zero-order chi connectivity index (χ0) is 17.2. The van der Waals surface area contributed by atoms with Crippen molar-refractivity contribution in [1.29, 1.82) is 0 Å². The first kappa shape index (κ1) is 17.4. The maximum atomic E-state index is 12.5. The van der Waals surface area contributed by atoms with Crippen LogP contribution in [0.25, 0.3) is 0 Å². The summed E-state index contributed by atoms with van der Waals surface area (Å²) in [6, 6.07) is 7.90. The molecule has 0 spiro atoms. The van der Waals surface area contributed by atoms with E-state index in [-0.39, 0.29) is 24.2 Å². The number of benzene rings is 1. The highest BCUT2D eigenvalue weighted by molar-refractivity contribution is 7.89. The van der Waals surface area contributed by atoms with Crippen LogP contribution < -0.4 is 5.32 Å². The Labute approximate surface area is 143 Å². The number of nitrogens with zero attached hydrogens (tertiary/aromatic N) is 2. The summed E-state index contributed by atoms with van der Waals surface area (Å²) in [4.78, 5) is 14.5. The Morgan fingerprint density at radius 2 is 1.88 bits per heavy atom. The Balaban J connectivity index is 1.54. The summed E-state index contributed by atoms with van der Waals surface area (Å²) < 4.78 is 25.9. The van der Waals surface area contributed by atoms with Gasteiger partial charge in [-0.2, -0.15) is 0 Å². The van der Waals surface area contributed by atoms with Crippen LogP contribution in [0.5, 0.6) is 0 Å². The van der Waals surface area contributed by atoms with E-state index in [1.54, 1.807) is 0 Å². The molecule has 24 heavy (non-hydrogen) atoms. The maximum Gasteiger partial charge on any atom is 0.237 e. The van der Waals surface area contributed by atoms with Crippen molar-refractivity contribution in [3.8, 4) is 0 Å². The van der Waals surface area contributed by atoms with Crippen molar-refractivity contribution < 1.29 is 13.2 Å². The maximum absolute atomic E-state index is 12.5. The van der Waals surface area contributed by atoms with Crippen LogP contribution in [0.15, 0.2) is 24.3 Å². The molecule has 1 saturated heterocycles. The molecule has 0 aromatic heterocycles. The van der Waals surface area contributed by atoms with Crippen LogP contribution in [-0.2, 0) is 27.8 Å². The van der Waals surface area contributed by atoms with Crippen LogP contribution in [-0.4, -0.2) is 62.0 Å². The molecule has 0 radical (unpaired) electrons. The smallest absolute Gasteiger partial charge is 0.237 e. The van der Waals surface area contributed by atoms with Crippen LogP contribution >= 0.6 is 0 Å². The third-order valence-electron chi connectivity index (χ3n) is 4.90. The molecule has 1 atom stereocenters. The van der Waals surface area contributed by atoms with Crippen molar-refractivity contribution in [2.75, 3.05) is 32.4 Å². The number of fused-ring (bicyclic) bond motifs is 1. The van der Waals surface area contributed by atoms with E-state index in [1.165, 1.54) is 15.4 Å². The van der Waals surface area contributed by atoms with Crippen molar-refractivity contribution in [3.05, 3.63) is 35.4 Å². The van der Waals surface area contributed by atoms with E-state index in [0.29, 0.717) is 19.5 Å². The van der Waals surface area contributed by atoms with Crippen molar-refractivity contribution in [2.24, 2.45) is 0 Å². The van der Waals surface area contributed by atoms with Crippen molar-refractivity contribution in [3.63, 3.8) is 0 Å². The topological polar surface area (TPSA) is 69.7 Å². The van der Waals surface area contributed by atoms with E-state index in [0.717, 1.165) is 19.4 Å². The van der Waals surface area contributed by atoms with Gasteiger partial charge in [0.05, 0.1) is 11.8 Å². The molecule has 7 heteroatoms. The average molecular weight is 351 g/mol. The van der Waals surface area contributed by atoms with Crippen molar-refractivity contribution in [1.82, 2.24) is 14.5 Å². The first-order valence-corrected chi connectivity index (χ1v) is 10.1. The Bertz CT molecular complexity index is 699. The largest absolute Gasteiger partial charge is 0.354 e. The average Bonchev–Trinajstić information content (AvgIpc) is 3.09. The summed E-state index contributed by atoms with van der Waals surface area (Å²) in [7, 11) is -1.31. The Morgan fingerprint density at radius 1 is 1.21 bits per heavy atom. The number of likely N-dealkylation sites (N-methyl/N-ethyl adjacent to an activating group) is 1. The number of hydrogen-bond acceptors (Lipinski definition) is 4. The molecule has 0 saturated carbocycles. The summed E-state index contributed by atoms with van der Waals surface area (Å²) in [5, 5.41) is 2.81. The van der Waals surface area contributed by atoms with E-state index in [4.69, 9.17) is 0 Å². The summed E-state index contributed by atoms with van der Waals surface area (Å²) in [6.45, 7) is 2.13. The second-order valence-electron chi connectivity index (χ2n) is 6.62. The molecule has 1 amide bonds. The molecule has 1 aromatic rings. The summed E-state index contributed by atoms with van der Waals surface area (Å²) in [5.41, 5.74) is 2.45. The highest BCUT2D eigenvalue weighted by Crippen LogP contribution is 2.22. The van der Waals surface area contributed by atoms with Gasteiger partial charge in [0.2, 0.25) is 15.9 Å². The van der Waals surface area contributed by atoms with Crippen molar-refractivity contribution >= 4 is 15.9 Å². The standard InChI is InChI=1S/C17H25N3O3S/c1-19-13-15-7-3-2-6-14(15)12-16(19)17(21)18-8-11-24(22,23)20-9-4-5-10-20/h2-3,6-7,16H,4-5,8-13H2,1H3,(H,18,21)/t16-/m0/s1. The predicted molar refractivity (Wildman–Crippen MR) is 93.0 cm³/mol. The number of carbonyl (C=O) groups excluding carboxylic acids is 1. The Hall–Kier alpha value is -1.44. The lowest BCUT2D eigenvalue weighted by Crippen LogP contribution is -2.49. The van der Waals surface area contributed by atoms with Crippen LogP contribution in [0.4, 0.5) is 0 Å². The first-order chi connectivity index (χ1) is 11.5. The normalized spacial score (nSPS) is 22.3. The molecule has 2 aliphatic heterocycles. The van der Waals surface area contributed by atoms with E-state index in [2.05, 4.69) is 17.4 Å². The van der Waals surface area contributed by atoms with Gasteiger partial charge < -0.3 is 5.32 Å². The van der Waals surface area contributed by atoms with E-state index in [9.17, 15) is 13.2 Å². The highest BCUT2D eigenvalue weighted by Gasteiger charge is 2.29. The van der Waals surface area contributed by atoms with E-state index >= 15 is 0 Å². The molecule has 0 bridgehead atoms. The van der Waals surface area contributed by atoms with Gasteiger partial charge in [0.25, 0.3) is 0 Å². The van der Waals surface area contributed by atoms with Gasteiger partial charge in [0.1, 0.15) is 0 Å². The van der Waals surface area contributed by atoms with Crippen LogP contribution in [0.1, 0.15) is 24.0 Å². The highest BCUT2D eigenvalue weighted by atomic mass is 32.2.